The highest BCUT2D eigenvalue weighted by atomic mass is 16.3. The molecule has 0 unspecified atom stereocenters. The van der Waals surface area contributed by atoms with Crippen LogP contribution in [0.4, 0.5) is 5.69 Å². The number of aryl methyl sites for hydroxylation is 1. The molecule has 0 radical (unpaired) electrons. The molecular weight excluding hydrogens is 294 g/mol. The lowest BCUT2D eigenvalue weighted by Gasteiger charge is -2.04. The second-order valence-corrected chi connectivity index (χ2v) is 4.80. The van der Waals surface area contributed by atoms with E-state index >= 15 is 0 Å². The molecule has 0 fully saturated rings. The van der Waals surface area contributed by atoms with Crippen LogP contribution in [-0.2, 0) is 16.0 Å². The van der Waals surface area contributed by atoms with Gasteiger partial charge in [-0.2, -0.15) is 5.10 Å². The van der Waals surface area contributed by atoms with Crippen LogP contribution in [0.15, 0.2) is 53.6 Å². The highest BCUT2D eigenvalue weighted by molar-refractivity contribution is 6.39. The fourth-order valence-electron chi connectivity index (χ4n) is 1.79. The SMILES string of the molecule is CCc1ccc(NC(=O)C(=O)N/N=C/c2ccc(O)cc2)cc1. The molecule has 0 aromatic heterocycles. The average molecular weight is 311 g/mol. The van der Waals surface area contributed by atoms with Gasteiger partial charge in [0.15, 0.2) is 0 Å². The van der Waals surface area contributed by atoms with Crippen LogP contribution in [0.3, 0.4) is 0 Å². The summed E-state index contributed by atoms with van der Waals surface area (Å²) in [5.41, 5.74) is 4.51. The Balaban J connectivity index is 1.86. The van der Waals surface area contributed by atoms with Crippen molar-refractivity contribution in [3.8, 4) is 5.75 Å². The van der Waals surface area contributed by atoms with Gasteiger partial charge in [-0.15, -0.1) is 0 Å². The Hall–Kier alpha value is -3.15. The van der Waals surface area contributed by atoms with Crippen molar-refractivity contribution in [1.29, 1.82) is 0 Å². The van der Waals surface area contributed by atoms with Gasteiger partial charge in [-0.05, 0) is 53.9 Å². The largest absolute Gasteiger partial charge is 0.508 e. The molecule has 0 saturated heterocycles. The zero-order valence-electron chi connectivity index (χ0n) is 12.6. The number of phenolic OH excluding ortho intramolecular Hbond substituents is 1. The van der Waals surface area contributed by atoms with Crippen molar-refractivity contribution >= 4 is 23.7 Å². The minimum Gasteiger partial charge on any atom is -0.508 e. The molecule has 23 heavy (non-hydrogen) atoms. The lowest BCUT2D eigenvalue weighted by atomic mass is 10.1. The number of carbonyl (C=O) groups is 2. The molecule has 0 heterocycles. The maximum absolute atomic E-state index is 11.7. The molecule has 6 heteroatoms. The van der Waals surface area contributed by atoms with Gasteiger partial charge >= 0.3 is 11.8 Å². The lowest BCUT2D eigenvalue weighted by Crippen LogP contribution is -2.32. The molecule has 2 aromatic rings. The molecule has 0 aliphatic heterocycles. The number of hydrogen-bond acceptors (Lipinski definition) is 4. The second kappa shape index (κ2) is 7.74. The van der Waals surface area contributed by atoms with E-state index in [0.29, 0.717) is 11.3 Å². The molecule has 2 aromatic carbocycles. The Kier molecular flexibility index (Phi) is 5.46. The van der Waals surface area contributed by atoms with Crippen LogP contribution in [0.25, 0.3) is 0 Å². The first-order chi connectivity index (χ1) is 11.1. The number of amides is 2. The summed E-state index contributed by atoms with van der Waals surface area (Å²) >= 11 is 0. The van der Waals surface area contributed by atoms with Gasteiger partial charge in [-0.3, -0.25) is 9.59 Å². The van der Waals surface area contributed by atoms with Gasteiger partial charge in [-0.1, -0.05) is 19.1 Å². The Morgan fingerprint density at radius 1 is 1.04 bits per heavy atom. The van der Waals surface area contributed by atoms with E-state index < -0.39 is 11.8 Å². The first-order valence-electron chi connectivity index (χ1n) is 7.11. The molecular formula is C17H17N3O3. The van der Waals surface area contributed by atoms with E-state index in [1.807, 2.05) is 19.1 Å². The molecule has 6 nitrogen and oxygen atoms in total. The van der Waals surface area contributed by atoms with E-state index in [1.54, 1.807) is 24.3 Å². The molecule has 0 spiro atoms. The number of nitrogens with one attached hydrogen (secondary N) is 2. The van der Waals surface area contributed by atoms with Crippen LogP contribution in [0, 0.1) is 0 Å². The highest BCUT2D eigenvalue weighted by Crippen LogP contribution is 2.10. The second-order valence-electron chi connectivity index (χ2n) is 4.80. The number of phenols is 1. The van der Waals surface area contributed by atoms with Crippen LogP contribution < -0.4 is 10.7 Å². The molecule has 2 rings (SSSR count). The van der Waals surface area contributed by atoms with Crippen molar-refractivity contribution in [2.24, 2.45) is 5.10 Å². The first-order valence-corrected chi connectivity index (χ1v) is 7.11. The van der Waals surface area contributed by atoms with Crippen LogP contribution >= 0.6 is 0 Å². The number of benzene rings is 2. The van der Waals surface area contributed by atoms with Gasteiger partial charge < -0.3 is 10.4 Å². The third kappa shape index (κ3) is 4.96. The van der Waals surface area contributed by atoms with Crippen molar-refractivity contribution < 1.29 is 14.7 Å². The van der Waals surface area contributed by atoms with Crippen molar-refractivity contribution in [2.75, 3.05) is 5.32 Å². The summed E-state index contributed by atoms with van der Waals surface area (Å²) in [7, 11) is 0. The number of hydrazone groups is 1. The number of hydrogen-bond donors (Lipinski definition) is 3. The summed E-state index contributed by atoms with van der Waals surface area (Å²) in [4.78, 5) is 23.4. The molecule has 0 aliphatic rings. The summed E-state index contributed by atoms with van der Waals surface area (Å²) in [6.07, 6.45) is 2.28. The number of nitrogens with zero attached hydrogens (tertiary/aromatic N) is 1. The lowest BCUT2D eigenvalue weighted by molar-refractivity contribution is -0.136. The van der Waals surface area contributed by atoms with E-state index in [4.69, 9.17) is 5.11 Å². The van der Waals surface area contributed by atoms with Crippen molar-refractivity contribution in [3.63, 3.8) is 0 Å². The molecule has 2 amide bonds. The topological polar surface area (TPSA) is 90.8 Å². The average Bonchev–Trinajstić information content (AvgIpc) is 2.57. The van der Waals surface area contributed by atoms with Crippen molar-refractivity contribution in [2.45, 2.75) is 13.3 Å². The van der Waals surface area contributed by atoms with Crippen molar-refractivity contribution in [1.82, 2.24) is 5.43 Å². The number of anilines is 1. The minimum atomic E-state index is -0.861. The summed E-state index contributed by atoms with van der Waals surface area (Å²) in [6.45, 7) is 2.03. The number of rotatable bonds is 4. The Morgan fingerprint density at radius 2 is 1.70 bits per heavy atom. The predicted octanol–water partition coefficient (Wildman–Crippen LogP) is 2.04. The third-order valence-corrected chi connectivity index (χ3v) is 3.10. The molecule has 0 atom stereocenters. The van der Waals surface area contributed by atoms with E-state index in [2.05, 4.69) is 15.8 Å². The monoisotopic (exact) mass is 311 g/mol. The molecule has 118 valence electrons. The Morgan fingerprint density at radius 3 is 2.30 bits per heavy atom. The molecule has 0 saturated carbocycles. The van der Waals surface area contributed by atoms with Gasteiger partial charge in [0.2, 0.25) is 0 Å². The third-order valence-electron chi connectivity index (χ3n) is 3.10. The Labute approximate surface area is 133 Å². The smallest absolute Gasteiger partial charge is 0.329 e. The van der Waals surface area contributed by atoms with Crippen LogP contribution in [0.1, 0.15) is 18.1 Å². The normalized spacial score (nSPS) is 10.5. The fourth-order valence-corrected chi connectivity index (χ4v) is 1.79. The van der Waals surface area contributed by atoms with E-state index in [0.717, 1.165) is 12.0 Å². The standard InChI is InChI=1S/C17H17N3O3/c1-2-12-3-7-14(8-4-12)19-16(22)17(23)20-18-11-13-5-9-15(21)10-6-13/h3-11,21H,2H2,1H3,(H,19,22)(H,20,23)/b18-11+. The van der Waals surface area contributed by atoms with Gasteiger partial charge in [0, 0.05) is 5.69 Å². The Bertz CT molecular complexity index is 707. The van der Waals surface area contributed by atoms with E-state index in [1.165, 1.54) is 18.3 Å². The minimum absolute atomic E-state index is 0.139. The number of carbonyl (C=O) groups excluding carboxylic acids is 2. The summed E-state index contributed by atoms with van der Waals surface area (Å²) < 4.78 is 0. The van der Waals surface area contributed by atoms with Gasteiger partial charge in [0.1, 0.15) is 5.75 Å². The maximum Gasteiger partial charge on any atom is 0.329 e. The highest BCUT2D eigenvalue weighted by Gasteiger charge is 2.12. The van der Waals surface area contributed by atoms with Gasteiger partial charge in [0.25, 0.3) is 0 Å². The van der Waals surface area contributed by atoms with Crippen LogP contribution in [-0.4, -0.2) is 23.1 Å². The van der Waals surface area contributed by atoms with E-state index in [-0.39, 0.29) is 5.75 Å². The van der Waals surface area contributed by atoms with E-state index in [9.17, 15) is 9.59 Å². The quantitative estimate of drug-likeness (QED) is 0.458. The molecule has 0 bridgehead atoms. The van der Waals surface area contributed by atoms with Crippen molar-refractivity contribution in [3.05, 3.63) is 59.7 Å². The van der Waals surface area contributed by atoms with Gasteiger partial charge in [-0.25, -0.2) is 5.43 Å². The summed E-state index contributed by atoms with van der Waals surface area (Å²) in [5.74, 6) is -1.52. The predicted molar refractivity (Wildman–Crippen MR) is 88.3 cm³/mol. The van der Waals surface area contributed by atoms with Crippen LogP contribution in [0.2, 0.25) is 0 Å². The van der Waals surface area contributed by atoms with Crippen LogP contribution in [0.5, 0.6) is 5.75 Å². The molecule has 3 N–H and O–H groups in total. The fraction of sp³-hybridized carbons (Fsp3) is 0.118. The summed E-state index contributed by atoms with van der Waals surface area (Å²) in [5, 5.41) is 15.3. The zero-order valence-corrected chi connectivity index (χ0v) is 12.6. The zero-order chi connectivity index (χ0) is 16.7. The first kappa shape index (κ1) is 16.2. The summed E-state index contributed by atoms with van der Waals surface area (Å²) in [6, 6.07) is 13.5. The number of aromatic hydroxyl groups is 1. The maximum atomic E-state index is 11.7. The van der Waals surface area contributed by atoms with Gasteiger partial charge in [0.05, 0.1) is 6.21 Å². The molecule has 0 aliphatic carbocycles.